The first-order chi connectivity index (χ1) is 17.5. The molecule has 7 nitrogen and oxygen atoms in total. The summed E-state index contributed by atoms with van der Waals surface area (Å²) < 4.78 is 7.44. The zero-order chi connectivity index (χ0) is 25.3. The van der Waals surface area contributed by atoms with Crippen molar-refractivity contribution in [3.05, 3.63) is 88.4 Å². The normalized spacial score (nSPS) is 11.1. The highest BCUT2D eigenvalue weighted by atomic mass is 35.5. The minimum Gasteiger partial charge on any atom is -0.494 e. The molecule has 0 saturated carbocycles. The van der Waals surface area contributed by atoms with Crippen molar-refractivity contribution < 1.29 is 9.53 Å². The van der Waals surface area contributed by atoms with Crippen LogP contribution in [-0.2, 0) is 4.79 Å². The van der Waals surface area contributed by atoms with Crippen LogP contribution in [0.2, 0.25) is 10.0 Å². The first-order valence-corrected chi connectivity index (χ1v) is 12.9. The molecule has 0 aliphatic heterocycles. The van der Waals surface area contributed by atoms with Gasteiger partial charge in [0.2, 0.25) is 0 Å². The smallest absolute Gasteiger partial charge is 0.250 e. The quantitative estimate of drug-likeness (QED) is 0.146. The van der Waals surface area contributed by atoms with Crippen LogP contribution in [-0.4, -0.2) is 39.2 Å². The van der Waals surface area contributed by atoms with Gasteiger partial charge >= 0.3 is 0 Å². The predicted octanol–water partition coefficient (Wildman–Crippen LogP) is 6.27. The lowest BCUT2D eigenvalue weighted by Crippen LogP contribution is -2.20. The number of carbonyl (C=O) groups excluding carboxylic acids is 1. The number of hydrazone groups is 1. The summed E-state index contributed by atoms with van der Waals surface area (Å²) in [5, 5.41) is 14.5. The summed E-state index contributed by atoms with van der Waals surface area (Å²) >= 11 is 13.4. The highest BCUT2D eigenvalue weighted by molar-refractivity contribution is 7.99. The molecule has 0 atom stereocenters. The van der Waals surface area contributed by atoms with Crippen molar-refractivity contribution in [3.63, 3.8) is 0 Å². The lowest BCUT2D eigenvalue weighted by atomic mass is 10.2. The Kier molecular flexibility index (Phi) is 9.00. The Morgan fingerprint density at radius 2 is 1.67 bits per heavy atom. The van der Waals surface area contributed by atoms with E-state index in [2.05, 4.69) is 27.6 Å². The lowest BCUT2D eigenvalue weighted by Gasteiger charge is -2.10. The second-order valence-electron chi connectivity index (χ2n) is 7.62. The summed E-state index contributed by atoms with van der Waals surface area (Å²) in [5.41, 5.74) is 5.06. The van der Waals surface area contributed by atoms with Crippen LogP contribution in [0.25, 0.3) is 17.1 Å². The van der Waals surface area contributed by atoms with Gasteiger partial charge in [-0.1, -0.05) is 41.9 Å². The summed E-state index contributed by atoms with van der Waals surface area (Å²) in [6.45, 7) is 2.73. The van der Waals surface area contributed by atoms with Gasteiger partial charge < -0.3 is 4.74 Å². The second-order valence-corrected chi connectivity index (χ2v) is 9.44. The van der Waals surface area contributed by atoms with Crippen molar-refractivity contribution in [2.24, 2.45) is 5.10 Å². The van der Waals surface area contributed by atoms with E-state index in [-0.39, 0.29) is 11.7 Å². The van der Waals surface area contributed by atoms with Crippen LogP contribution < -0.4 is 10.2 Å². The minimum absolute atomic E-state index is 0.105. The monoisotopic (exact) mass is 539 g/mol. The number of nitrogens with one attached hydrogen (secondary N) is 1. The molecule has 0 fully saturated rings. The van der Waals surface area contributed by atoms with Crippen molar-refractivity contribution in [2.45, 2.75) is 18.5 Å². The molecule has 1 amide bonds. The molecule has 0 bridgehead atoms. The molecule has 0 saturated heterocycles. The number of aromatic nitrogens is 3. The number of hydrogen-bond donors (Lipinski definition) is 1. The molecule has 0 spiro atoms. The molecule has 0 radical (unpaired) electrons. The standard InChI is InChI=1S/C26H23Cl2N5O2S/c1-2-15-35-23-13-3-18(4-14-23)16-29-30-24(34)17-36-26-32-31-25(19-5-7-20(27)8-6-19)33(26)22-11-9-21(28)10-12-22/h3-14,16H,2,15,17H2,1H3,(H,30,34)/b29-16+. The number of thioether (sulfide) groups is 1. The molecule has 3 aromatic carbocycles. The van der Waals surface area contributed by atoms with Crippen molar-refractivity contribution in [3.8, 4) is 22.8 Å². The number of hydrogen-bond acceptors (Lipinski definition) is 6. The van der Waals surface area contributed by atoms with Crippen LogP contribution >= 0.6 is 35.0 Å². The highest BCUT2D eigenvalue weighted by Crippen LogP contribution is 2.29. The van der Waals surface area contributed by atoms with E-state index in [9.17, 15) is 4.79 Å². The van der Waals surface area contributed by atoms with Crippen molar-refractivity contribution in [1.29, 1.82) is 0 Å². The van der Waals surface area contributed by atoms with E-state index in [1.54, 1.807) is 30.5 Å². The van der Waals surface area contributed by atoms with E-state index in [1.165, 1.54) is 11.8 Å². The Labute approximate surface area is 223 Å². The highest BCUT2D eigenvalue weighted by Gasteiger charge is 2.17. The largest absolute Gasteiger partial charge is 0.494 e. The van der Waals surface area contributed by atoms with Crippen molar-refractivity contribution in [2.75, 3.05) is 12.4 Å². The SMILES string of the molecule is CCCOc1ccc(/C=N/NC(=O)CSc2nnc(-c3ccc(Cl)cc3)n2-c2ccc(Cl)cc2)cc1. The maximum atomic E-state index is 12.4. The summed E-state index contributed by atoms with van der Waals surface area (Å²) in [6, 6.07) is 22.2. The van der Waals surface area contributed by atoms with E-state index in [1.807, 2.05) is 53.1 Å². The Balaban J connectivity index is 1.43. The van der Waals surface area contributed by atoms with Crippen LogP contribution in [0.3, 0.4) is 0 Å². The number of halogens is 2. The molecule has 36 heavy (non-hydrogen) atoms. The van der Waals surface area contributed by atoms with Gasteiger partial charge in [-0.25, -0.2) is 5.43 Å². The van der Waals surface area contributed by atoms with Crippen LogP contribution in [0.15, 0.2) is 83.1 Å². The first kappa shape index (κ1) is 25.8. The van der Waals surface area contributed by atoms with Gasteiger partial charge in [-0.05, 0) is 84.8 Å². The van der Waals surface area contributed by atoms with E-state index in [0.717, 1.165) is 29.0 Å². The van der Waals surface area contributed by atoms with Gasteiger partial charge in [-0.2, -0.15) is 5.10 Å². The number of ether oxygens (including phenoxy) is 1. The van der Waals surface area contributed by atoms with Gasteiger partial charge in [0.1, 0.15) is 5.75 Å². The van der Waals surface area contributed by atoms with Gasteiger partial charge in [0.05, 0.1) is 18.6 Å². The third-order valence-corrected chi connectivity index (χ3v) is 6.34. The first-order valence-electron chi connectivity index (χ1n) is 11.2. The van der Waals surface area contributed by atoms with Gasteiger partial charge in [-0.15, -0.1) is 10.2 Å². The fourth-order valence-corrected chi connectivity index (χ4v) is 4.18. The summed E-state index contributed by atoms with van der Waals surface area (Å²) in [5.74, 6) is 1.27. The van der Waals surface area contributed by atoms with Crippen molar-refractivity contribution >= 4 is 47.1 Å². The average molecular weight is 540 g/mol. The zero-order valence-electron chi connectivity index (χ0n) is 19.4. The Morgan fingerprint density at radius 1 is 1.00 bits per heavy atom. The molecule has 4 rings (SSSR count). The Hall–Kier alpha value is -3.33. The lowest BCUT2D eigenvalue weighted by molar-refractivity contribution is -0.118. The molecular weight excluding hydrogens is 517 g/mol. The maximum Gasteiger partial charge on any atom is 0.250 e. The maximum absolute atomic E-state index is 12.4. The summed E-state index contributed by atoms with van der Waals surface area (Å²) in [7, 11) is 0. The number of rotatable bonds is 10. The molecule has 184 valence electrons. The predicted molar refractivity (Wildman–Crippen MR) is 146 cm³/mol. The van der Waals surface area contributed by atoms with E-state index < -0.39 is 0 Å². The fraction of sp³-hybridized carbons (Fsp3) is 0.154. The minimum atomic E-state index is -0.266. The zero-order valence-corrected chi connectivity index (χ0v) is 21.7. The summed E-state index contributed by atoms with van der Waals surface area (Å²) in [6.07, 6.45) is 2.53. The van der Waals surface area contributed by atoms with Crippen molar-refractivity contribution in [1.82, 2.24) is 20.2 Å². The Bertz CT molecular complexity index is 1320. The molecule has 10 heteroatoms. The molecule has 1 heterocycles. The fourth-order valence-electron chi connectivity index (χ4n) is 3.18. The van der Waals surface area contributed by atoms with E-state index in [4.69, 9.17) is 27.9 Å². The number of amides is 1. The molecule has 1 N–H and O–H groups in total. The Morgan fingerprint density at radius 3 is 2.33 bits per heavy atom. The molecule has 4 aromatic rings. The second kappa shape index (κ2) is 12.6. The van der Waals surface area contributed by atoms with Gasteiger partial charge in [-0.3, -0.25) is 9.36 Å². The number of carbonyl (C=O) groups is 1. The van der Waals surface area contributed by atoms with Crippen LogP contribution in [0.5, 0.6) is 5.75 Å². The van der Waals surface area contributed by atoms with Gasteiger partial charge in [0, 0.05) is 21.3 Å². The topological polar surface area (TPSA) is 81.4 Å². The van der Waals surface area contributed by atoms with Gasteiger partial charge in [0.25, 0.3) is 5.91 Å². The molecule has 1 aromatic heterocycles. The third-order valence-electron chi connectivity index (χ3n) is 4.91. The van der Waals surface area contributed by atoms with E-state index in [0.29, 0.717) is 27.6 Å². The molecule has 0 aliphatic carbocycles. The van der Waals surface area contributed by atoms with E-state index >= 15 is 0 Å². The van der Waals surface area contributed by atoms with Gasteiger partial charge in [0.15, 0.2) is 11.0 Å². The van der Waals surface area contributed by atoms with Crippen LogP contribution in [0, 0.1) is 0 Å². The molecule has 0 aliphatic rings. The molecular formula is C26H23Cl2N5O2S. The van der Waals surface area contributed by atoms with Crippen LogP contribution in [0.4, 0.5) is 0 Å². The summed E-state index contributed by atoms with van der Waals surface area (Å²) in [4.78, 5) is 12.4. The number of benzene rings is 3. The molecule has 0 unspecified atom stereocenters. The number of nitrogens with zero attached hydrogens (tertiary/aromatic N) is 4. The third kappa shape index (κ3) is 6.87. The average Bonchev–Trinajstić information content (AvgIpc) is 3.32. The van der Waals surface area contributed by atoms with Crippen LogP contribution in [0.1, 0.15) is 18.9 Å².